The number of aromatic nitrogens is 2. The van der Waals surface area contributed by atoms with Crippen molar-refractivity contribution in [2.24, 2.45) is 5.14 Å². The maximum Gasteiger partial charge on any atom is 0.454 e. The van der Waals surface area contributed by atoms with Gasteiger partial charge in [-0.15, -0.1) is 0 Å². The van der Waals surface area contributed by atoms with E-state index >= 15 is 0 Å². The number of alkyl halides is 3. The molecule has 204 valence electrons. The molecule has 8 nitrogen and oxygen atoms in total. The number of halogens is 3. The third kappa shape index (κ3) is 6.02. The Labute approximate surface area is 222 Å². The van der Waals surface area contributed by atoms with Crippen LogP contribution in [0.4, 0.5) is 13.2 Å². The highest BCUT2D eigenvalue weighted by Gasteiger charge is 2.39. The summed E-state index contributed by atoms with van der Waals surface area (Å²) in [4.78, 5) is 28.5. The predicted molar refractivity (Wildman–Crippen MR) is 139 cm³/mol. The Morgan fingerprint density at radius 3 is 2.33 bits per heavy atom. The van der Waals surface area contributed by atoms with E-state index in [0.717, 1.165) is 23.4 Å². The van der Waals surface area contributed by atoms with Crippen LogP contribution < -0.4 is 10.5 Å². The van der Waals surface area contributed by atoms with Gasteiger partial charge in [-0.2, -0.15) is 13.2 Å². The molecule has 0 aliphatic rings. The molecule has 0 spiro atoms. The van der Waals surface area contributed by atoms with Crippen LogP contribution in [0, 0.1) is 6.92 Å². The number of hydrogen-bond donors (Lipinski definition) is 2. The molecule has 12 heteroatoms. The van der Waals surface area contributed by atoms with Gasteiger partial charge in [0.05, 0.1) is 21.5 Å². The van der Waals surface area contributed by atoms with Crippen molar-refractivity contribution in [3.05, 3.63) is 88.7 Å². The van der Waals surface area contributed by atoms with Crippen LogP contribution in [0.5, 0.6) is 0 Å². The van der Waals surface area contributed by atoms with Crippen molar-refractivity contribution >= 4 is 32.7 Å². The van der Waals surface area contributed by atoms with Crippen molar-refractivity contribution in [3.63, 3.8) is 0 Å². The molecule has 1 aromatic heterocycles. The highest BCUT2D eigenvalue weighted by molar-refractivity contribution is 7.89. The minimum atomic E-state index is -4.97. The number of benzene rings is 3. The topological polar surface area (TPSA) is 124 Å². The molecule has 0 unspecified atom stereocenters. The molecule has 1 heterocycles. The molecule has 0 bridgehead atoms. The van der Waals surface area contributed by atoms with Crippen molar-refractivity contribution < 1.29 is 31.2 Å². The number of imidazole rings is 1. The molecule has 1 amide bonds. The molecule has 3 aromatic carbocycles. The number of nitrogens with two attached hydrogens (primary N) is 1. The Bertz CT molecular complexity index is 1680. The van der Waals surface area contributed by atoms with E-state index in [1.807, 2.05) is 35.8 Å². The summed E-state index contributed by atoms with van der Waals surface area (Å²) in [6, 6.07) is 15.4. The van der Waals surface area contributed by atoms with E-state index in [-0.39, 0.29) is 22.5 Å². The fourth-order valence-electron chi connectivity index (χ4n) is 4.26. The molecule has 4 rings (SSSR count). The summed E-state index contributed by atoms with van der Waals surface area (Å²) in [5.41, 5.74) is 2.68. The first-order valence-corrected chi connectivity index (χ1v) is 13.5. The van der Waals surface area contributed by atoms with Gasteiger partial charge in [-0.3, -0.25) is 14.2 Å². The van der Waals surface area contributed by atoms with Crippen LogP contribution in [0.25, 0.3) is 16.7 Å². The summed E-state index contributed by atoms with van der Waals surface area (Å²) >= 11 is 0. The summed E-state index contributed by atoms with van der Waals surface area (Å²) < 4.78 is 64.1. The zero-order valence-electron chi connectivity index (χ0n) is 21.0. The van der Waals surface area contributed by atoms with Gasteiger partial charge in [0.2, 0.25) is 10.0 Å². The van der Waals surface area contributed by atoms with Gasteiger partial charge in [0.25, 0.3) is 11.7 Å². The van der Waals surface area contributed by atoms with Crippen LogP contribution in [-0.2, 0) is 22.9 Å². The summed E-state index contributed by atoms with van der Waals surface area (Å²) in [6.45, 7) is 3.84. The Balaban J connectivity index is 1.50. The molecular weight excluding hydrogens is 533 g/mol. The Hall–Kier alpha value is -4.03. The first-order chi connectivity index (χ1) is 18.3. The fourth-order valence-corrected chi connectivity index (χ4v) is 4.97. The Kier molecular flexibility index (Phi) is 7.62. The van der Waals surface area contributed by atoms with Crippen molar-refractivity contribution in [3.8, 4) is 5.69 Å². The maximum atomic E-state index is 12.9. The van der Waals surface area contributed by atoms with Gasteiger partial charge < -0.3 is 5.32 Å². The quantitative estimate of drug-likeness (QED) is 0.313. The summed E-state index contributed by atoms with van der Waals surface area (Å²) in [6.07, 6.45) is -4.01. The number of primary sulfonamides is 1. The van der Waals surface area contributed by atoms with E-state index in [9.17, 15) is 31.2 Å². The van der Waals surface area contributed by atoms with Crippen LogP contribution in [-0.4, -0.2) is 42.4 Å². The SMILES string of the molecule is CCc1nc2cc(C(=O)C(F)(F)F)ccc2n1-c1ccc(CCNC(=O)c2cc(C)ccc2S(N)(=O)=O)cc1. The van der Waals surface area contributed by atoms with Crippen molar-refractivity contribution in [1.29, 1.82) is 0 Å². The maximum absolute atomic E-state index is 12.9. The van der Waals surface area contributed by atoms with E-state index in [1.165, 1.54) is 18.2 Å². The second-order valence-electron chi connectivity index (χ2n) is 8.96. The number of fused-ring (bicyclic) bond motifs is 1. The highest BCUT2D eigenvalue weighted by Crippen LogP contribution is 2.27. The van der Waals surface area contributed by atoms with Gasteiger partial charge >= 0.3 is 6.18 Å². The minimum absolute atomic E-state index is 0.0213. The number of carbonyl (C=O) groups excluding carboxylic acids is 2. The predicted octanol–water partition coefficient (Wildman–Crippen LogP) is 4.26. The molecule has 0 atom stereocenters. The van der Waals surface area contributed by atoms with Gasteiger partial charge in [-0.05, 0) is 61.4 Å². The lowest BCUT2D eigenvalue weighted by Gasteiger charge is -2.11. The summed E-state index contributed by atoms with van der Waals surface area (Å²) in [7, 11) is -4.07. The van der Waals surface area contributed by atoms with E-state index in [4.69, 9.17) is 5.14 Å². The molecule has 0 saturated carbocycles. The second-order valence-corrected chi connectivity index (χ2v) is 10.5. The van der Waals surface area contributed by atoms with Gasteiger partial charge in [-0.1, -0.05) is 30.7 Å². The smallest absolute Gasteiger partial charge is 0.352 e. The molecule has 0 saturated heterocycles. The van der Waals surface area contributed by atoms with Gasteiger partial charge in [-0.25, -0.2) is 18.5 Å². The molecular formula is C27H25F3N4O4S. The van der Waals surface area contributed by atoms with E-state index in [2.05, 4.69) is 10.3 Å². The lowest BCUT2D eigenvalue weighted by molar-refractivity contribution is -0.0885. The number of ketones is 1. The number of hydrogen-bond acceptors (Lipinski definition) is 5. The Morgan fingerprint density at radius 2 is 1.72 bits per heavy atom. The zero-order valence-corrected chi connectivity index (χ0v) is 21.9. The number of amides is 1. The lowest BCUT2D eigenvalue weighted by atomic mass is 10.1. The number of carbonyl (C=O) groups is 2. The van der Waals surface area contributed by atoms with Crippen LogP contribution in [0.1, 0.15) is 44.6 Å². The largest absolute Gasteiger partial charge is 0.454 e. The summed E-state index contributed by atoms with van der Waals surface area (Å²) in [5.74, 6) is -1.86. The first-order valence-electron chi connectivity index (χ1n) is 11.9. The fraction of sp³-hybridized carbons (Fsp3) is 0.222. The number of aryl methyl sites for hydroxylation is 2. The number of nitrogens with one attached hydrogen (secondary N) is 1. The zero-order chi connectivity index (χ0) is 28.5. The monoisotopic (exact) mass is 558 g/mol. The molecule has 39 heavy (non-hydrogen) atoms. The van der Waals surface area contributed by atoms with Crippen LogP contribution >= 0.6 is 0 Å². The third-order valence-corrected chi connectivity index (χ3v) is 7.11. The van der Waals surface area contributed by atoms with Gasteiger partial charge in [0.15, 0.2) is 0 Å². The van der Waals surface area contributed by atoms with E-state index in [1.54, 1.807) is 13.0 Å². The average Bonchev–Trinajstić information content (AvgIpc) is 3.25. The van der Waals surface area contributed by atoms with Crippen molar-refractivity contribution in [2.45, 2.75) is 37.8 Å². The van der Waals surface area contributed by atoms with E-state index < -0.39 is 33.5 Å². The molecule has 0 fully saturated rings. The van der Waals surface area contributed by atoms with Crippen LogP contribution in [0.15, 0.2) is 65.6 Å². The van der Waals surface area contributed by atoms with Gasteiger partial charge in [0.1, 0.15) is 5.82 Å². The number of nitrogens with zero attached hydrogens (tertiary/aromatic N) is 2. The Morgan fingerprint density at radius 1 is 1.03 bits per heavy atom. The first kappa shape index (κ1) is 28.0. The second kappa shape index (κ2) is 10.6. The molecule has 0 aliphatic heterocycles. The number of sulfonamides is 1. The number of Topliss-reactive ketones (excluding diaryl/α,β-unsaturated/α-hetero) is 1. The van der Waals surface area contributed by atoms with Crippen molar-refractivity contribution in [1.82, 2.24) is 14.9 Å². The van der Waals surface area contributed by atoms with Crippen LogP contribution in [0.2, 0.25) is 0 Å². The van der Waals surface area contributed by atoms with E-state index in [0.29, 0.717) is 29.7 Å². The van der Waals surface area contributed by atoms with Crippen LogP contribution in [0.3, 0.4) is 0 Å². The number of rotatable bonds is 8. The molecule has 4 aromatic rings. The molecule has 3 N–H and O–H groups in total. The minimum Gasteiger partial charge on any atom is -0.352 e. The molecule has 0 radical (unpaired) electrons. The van der Waals surface area contributed by atoms with Crippen molar-refractivity contribution in [2.75, 3.05) is 6.54 Å². The normalized spacial score (nSPS) is 12.1. The summed E-state index contributed by atoms with van der Waals surface area (Å²) in [5, 5.41) is 7.95. The van der Waals surface area contributed by atoms with Gasteiger partial charge in [0, 0.05) is 24.2 Å². The molecule has 0 aliphatic carbocycles. The standard InChI is InChI=1S/C27H25F3N4O4S/c1-3-24-33-21-15-18(25(35)27(28,29)30)7-10-22(21)34(24)19-8-5-17(6-9-19)12-13-32-26(36)20-14-16(2)4-11-23(20)39(31,37)38/h4-11,14-15H,3,12-13H2,1-2H3,(H,32,36)(H2,31,37,38). The lowest BCUT2D eigenvalue weighted by Crippen LogP contribution is -2.28. The third-order valence-electron chi connectivity index (χ3n) is 6.14. The highest BCUT2D eigenvalue weighted by atomic mass is 32.2. The average molecular weight is 559 g/mol.